The normalized spacial score (nSPS) is 11.9. The summed E-state index contributed by atoms with van der Waals surface area (Å²) >= 11 is 0. The number of carboxylic acids is 1. The molecule has 1 aromatic heterocycles. The number of aromatic carboxylic acids is 1. The lowest BCUT2D eigenvalue weighted by Gasteiger charge is -2.12. The molecule has 1 heterocycles. The number of aryl methyl sites for hydroxylation is 1. The summed E-state index contributed by atoms with van der Waals surface area (Å²) < 4.78 is 4.95. The molecule has 0 saturated heterocycles. The molecule has 1 amide bonds. The quantitative estimate of drug-likeness (QED) is 0.886. The van der Waals surface area contributed by atoms with Gasteiger partial charge < -0.3 is 14.8 Å². The summed E-state index contributed by atoms with van der Waals surface area (Å²) in [7, 11) is 0. The summed E-state index contributed by atoms with van der Waals surface area (Å²) in [6.45, 7) is 4.48. The average Bonchev–Trinajstić information content (AvgIpc) is 2.95. The SMILES string of the molecule is Cc1ccc(C(C)CNC(=O)c2ccc(C(=O)O)o2)cc1. The van der Waals surface area contributed by atoms with E-state index in [9.17, 15) is 9.59 Å². The lowest BCUT2D eigenvalue weighted by atomic mass is 10.00. The van der Waals surface area contributed by atoms with Gasteiger partial charge in [-0.25, -0.2) is 4.79 Å². The van der Waals surface area contributed by atoms with E-state index in [2.05, 4.69) is 5.32 Å². The Morgan fingerprint density at radius 1 is 1.14 bits per heavy atom. The molecular weight excluding hydrogens is 270 g/mol. The zero-order valence-electron chi connectivity index (χ0n) is 11.9. The number of hydrogen-bond acceptors (Lipinski definition) is 3. The summed E-state index contributed by atoms with van der Waals surface area (Å²) in [4.78, 5) is 22.6. The van der Waals surface area contributed by atoms with Crippen molar-refractivity contribution in [3.63, 3.8) is 0 Å². The fraction of sp³-hybridized carbons (Fsp3) is 0.250. The molecular formula is C16H17NO4. The second-order valence-electron chi connectivity index (χ2n) is 4.99. The maximum Gasteiger partial charge on any atom is 0.371 e. The maximum atomic E-state index is 11.9. The topological polar surface area (TPSA) is 79.5 Å². The number of nitrogens with one attached hydrogen (secondary N) is 1. The second kappa shape index (κ2) is 6.26. The molecule has 0 bridgehead atoms. The van der Waals surface area contributed by atoms with Crippen molar-refractivity contribution in [2.75, 3.05) is 6.54 Å². The van der Waals surface area contributed by atoms with Gasteiger partial charge in [-0.05, 0) is 30.5 Å². The smallest absolute Gasteiger partial charge is 0.371 e. The van der Waals surface area contributed by atoms with Crippen molar-refractivity contribution in [3.05, 3.63) is 59.0 Å². The minimum absolute atomic E-state index is 0.00325. The van der Waals surface area contributed by atoms with E-state index >= 15 is 0 Å². The molecule has 0 aliphatic rings. The first-order valence-corrected chi connectivity index (χ1v) is 6.65. The van der Waals surface area contributed by atoms with Crippen molar-refractivity contribution >= 4 is 11.9 Å². The maximum absolute atomic E-state index is 11.9. The molecule has 0 fully saturated rings. The van der Waals surface area contributed by atoms with Gasteiger partial charge in [-0.2, -0.15) is 0 Å². The van der Waals surface area contributed by atoms with E-state index in [4.69, 9.17) is 9.52 Å². The van der Waals surface area contributed by atoms with Crippen LogP contribution in [0.15, 0.2) is 40.8 Å². The van der Waals surface area contributed by atoms with Crippen LogP contribution < -0.4 is 5.32 Å². The molecule has 1 atom stereocenters. The zero-order valence-corrected chi connectivity index (χ0v) is 11.9. The van der Waals surface area contributed by atoms with Crippen LogP contribution in [0.5, 0.6) is 0 Å². The van der Waals surface area contributed by atoms with Crippen LogP contribution in [-0.2, 0) is 0 Å². The Kier molecular flexibility index (Phi) is 4.42. The number of carboxylic acid groups (broad SMARTS) is 1. The molecule has 5 heteroatoms. The van der Waals surface area contributed by atoms with E-state index in [0.717, 1.165) is 5.56 Å². The molecule has 2 aromatic rings. The summed E-state index contributed by atoms with van der Waals surface area (Å²) in [6.07, 6.45) is 0. The summed E-state index contributed by atoms with van der Waals surface area (Å²) in [5, 5.41) is 11.5. The van der Waals surface area contributed by atoms with Crippen LogP contribution >= 0.6 is 0 Å². The van der Waals surface area contributed by atoms with Gasteiger partial charge in [0.05, 0.1) is 0 Å². The number of carbonyl (C=O) groups excluding carboxylic acids is 1. The molecule has 5 nitrogen and oxygen atoms in total. The number of furan rings is 1. The molecule has 0 aliphatic heterocycles. The van der Waals surface area contributed by atoms with Gasteiger partial charge in [0.25, 0.3) is 5.91 Å². The minimum atomic E-state index is -1.19. The average molecular weight is 287 g/mol. The van der Waals surface area contributed by atoms with Crippen molar-refractivity contribution in [1.82, 2.24) is 5.32 Å². The van der Waals surface area contributed by atoms with E-state index < -0.39 is 11.9 Å². The predicted octanol–water partition coefficient (Wildman–Crippen LogP) is 2.82. The molecule has 2 rings (SSSR count). The van der Waals surface area contributed by atoms with Gasteiger partial charge in [0.2, 0.25) is 5.76 Å². The zero-order chi connectivity index (χ0) is 15.4. The van der Waals surface area contributed by atoms with Gasteiger partial charge in [-0.1, -0.05) is 36.8 Å². The fourth-order valence-corrected chi connectivity index (χ4v) is 1.92. The van der Waals surface area contributed by atoms with Gasteiger partial charge in [0.15, 0.2) is 5.76 Å². The molecule has 1 aromatic carbocycles. The van der Waals surface area contributed by atoms with Crippen molar-refractivity contribution in [1.29, 1.82) is 0 Å². The van der Waals surface area contributed by atoms with E-state index in [1.54, 1.807) is 0 Å². The Morgan fingerprint density at radius 3 is 2.33 bits per heavy atom. The Balaban J connectivity index is 1.93. The highest BCUT2D eigenvalue weighted by molar-refractivity contribution is 5.93. The minimum Gasteiger partial charge on any atom is -0.475 e. The van der Waals surface area contributed by atoms with Crippen LogP contribution in [0.2, 0.25) is 0 Å². The molecule has 0 saturated carbocycles. The first kappa shape index (κ1) is 14.8. The largest absolute Gasteiger partial charge is 0.475 e. The summed E-state index contributed by atoms with van der Waals surface area (Å²) in [6, 6.07) is 10.7. The van der Waals surface area contributed by atoms with Gasteiger partial charge in [0.1, 0.15) is 0 Å². The van der Waals surface area contributed by atoms with Crippen LogP contribution in [0, 0.1) is 6.92 Å². The van der Waals surface area contributed by atoms with Crippen LogP contribution in [0.1, 0.15) is 45.1 Å². The van der Waals surface area contributed by atoms with Crippen molar-refractivity contribution < 1.29 is 19.1 Å². The highest BCUT2D eigenvalue weighted by Crippen LogP contribution is 2.15. The lowest BCUT2D eigenvalue weighted by molar-refractivity contribution is 0.0659. The van der Waals surface area contributed by atoms with Gasteiger partial charge in [0, 0.05) is 6.54 Å². The lowest BCUT2D eigenvalue weighted by Crippen LogP contribution is -2.27. The number of amides is 1. The molecule has 2 N–H and O–H groups in total. The highest BCUT2D eigenvalue weighted by Gasteiger charge is 2.15. The molecule has 1 unspecified atom stereocenters. The van der Waals surface area contributed by atoms with Crippen molar-refractivity contribution in [2.45, 2.75) is 19.8 Å². The number of hydrogen-bond donors (Lipinski definition) is 2. The van der Waals surface area contributed by atoms with Crippen LogP contribution in [0.3, 0.4) is 0 Å². The molecule has 0 radical (unpaired) electrons. The predicted molar refractivity (Wildman–Crippen MR) is 77.6 cm³/mol. The van der Waals surface area contributed by atoms with Gasteiger partial charge in [-0.3, -0.25) is 4.79 Å². The molecule has 110 valence electrons. The Labute approximate surface area is 122 Å². The van der Waals surface area contributed by atoms with Crippen molar-refractivity contribution in [3.8, 4) is 0 Å². The third-order valence-electron chi connectivity index (χ3n) is 3.26. The van der Waals surface area contributed by atoms with Gasteiger partial charge in [-0.15, -0.1) is 0 Å². The van der Waals surface area contributed by atoms with E-state index in [1.165, 1.54) is 17.7 Å². The number of rotatable bonds is 5. The fourth-order valence-electron chi connectivity index (χ4n) is 1.92. The second-order valence-corrected chi connectivity index (χ2v) is 4.99. The first-order chi connectivity index (χ1) is 9.97. The first-order valence-electron chi connectivity index (χ1n) is 6.65. The standard InChI is InChI=1S/C16H17NO4/c1-10-3-5-12(6-4-10)11(2)9-17-15(18)13-7-8-14(21-13)16(19)20/h3-8,11H,9H2,1-2H3,(H,17,18)(H,19,20). The van der Waals surface area contributed by atoms with Crippen LogP contribution in [0.25, 0.3) is 0 Å². The van der Waals surface area contributed by atoms with E-state index in [1.807, 2.05) is 38.1 Å². The summed E-state index contributed by atoms with van der Waals surface area (Å²) in [5.41, 5.74) is 2.32. The number of benzene rings is 1. The molecule has 21 heavy (non-hydrogen) atoms. The van der Waals surface area contributed by atoms with Gasteiger partial charge >= 0.3 is 5.97 Å². The highest BCUT2D eigenvalue weighted by atomic mass is 16.4. The monoisotopic (exact) mass is 287 g/mol. The van der Waals surface area contributed by atoms with E-state index in [0.29, 0.717) is 6.54 Å². The van der Waals surface area contributed by atoms with E-state index in [-0.39, 0.29) is 17.4 Å². The van der Waals surface area contributed by atoms with Crippen LogP contribution in [0.4, 0.5) is 0 Å². The third-order valence-corrected chi connectivity index (χ3v) is 3.26. The number of carbonyl (C=O) groups is 2. The molecule has 0 aliphatic carbocycles. The Bertz CT molecular complexity index is 643. The van der Waals surface area contributed by atoms with Crippen molar-refractivity contribution in [2.24, 2.45) is 0 Å². The molecule has 0 spiro atoms. The third kappa shape index (κ3) is 3.72. The Hall–Kier alpha value is -2.56. The summed E-state index contributed by atoms with van der Waals surface area (Å²) in [5.74, 6) is -1.69. The van der Waals surface area contributed by atoms with Crippen LogP contribution in [-0.4, -0.2) is 23.5 Å². The Morgan fingerprint density at radius 2 is 1.76 bits per heavy atom.